The molecule has 0 radical (unpaired) electrons. The van der Waals surface area contributed by atoms with Crippen molar-refractivity contribution >= 4 is 41.5 Å². The van der Waals surface area contributed by atoms with Crippen molar-refractivity contribution in [1.82, 2.24) is 10.3 Å². The predicted octanol–water partition coefficient (Wildman–Crippen LogP) is 8.15. The molecule has 30 heavy (non-hydrogen) atoms. The van der Waals surface area contributed by atoms with Gasteiger partial charge in [0.25, 0.3) is 0 Å². The molecular weight excluding hydrogens is 471 g/mol. The molecule has 6 heteroatoms. The van der Waals surface area contributed by atoms with Crippen LogP contribution in [0.4, 0.5) is 0 Å². The molecule has 3 aromatic rings. The van der Waals surface area contributed by atoms with E-state index in [4.69, 9.17) is 25.1 Å². The fourth-order valence-corrected chi connectivity index (χ4v) is 5.15. The Morgan fingerprint density at radius 3 is 2.67 bits per heavy atom. The number of unbranched alkanes of at least 4 members (excludes halogenated alkanes) is 1. The summed E-state index contributed by atoms with van der Waals surface area (Å²) < 4.78 is 1.28. The van der Waals surface area contributed by atoms with Crippen LogP contribution in [-0.4, -0.2) is 11.5 Å². The molecule has 1 N–H and O–H groups in total. The fraction of sp³-hybridized carbons (Fsp3) is 0.458. The van der Waals surface area contributed by atoms with Crippen LogP contribution in [0, 0.1) is 11.3 Å². The Kier molecular flexibility index (Phi) is 10.5. The number of rotatable bonds is 7. The van der Waals surface area contributed by atoms with Gasteiger partial charge in [0.2, 0.25) is 0 Å². The summed E-state index contributed by atoms with van der Waals surface area (Å²) in [5, 5.41) is 8.60. The van der Waals surface area contributed by atoms with Crippen LogP contribution < -0.4 is 5.32 Å². The van der Waals surface area contributed by atoms with Crippen LogP contribution in [0.3, 0.4) is 0 Å². The predicted molar refractivity (Wildman–Crippen MR) is 128 cm³/mol. The van der Waals surface area contributed by atoms with E-state index < -0.39 is 0 Å². The van der Waals surface area contributed by atoms with Crippen molar-refractivity contribution in [2.75, 3.05) is 6.54 Å². The molecule has 1 unspecified atom stereocenters. The molecule has 0 bridgehead atoms. The van der Waals surface area contributed by atoms with E-state index in [2.05, 4.69) is 60.1 Å². The van der Waals surface area contributed by atoms with Crippen molar-refractivity contribution in [2.45, 2.75) is 57.9 Å². The van der Waals surface area contributed by atoms with Crippen LogP contribution >= 0.6 is 31.4 Å². The third-order valence-corrected chi connectivity index (χ3v) is 6.66. The molecule has 1 aliphatic carbocycles. The van der Waals surface area contributed by atoms with Crippen LogP contribution in [0.15, 0.2) is 42.5 Å². The monoisotopic (exact) mass is 499 g/mol. The van der Waals surface area contributed by atoms with Crippen LogP contribution in [0.25, 0.3) is 21.3 Å². The minimum atomic E-state index is -0.181. The van der Waals surface area contributed by atoms with Crippen LogP contribution in [0.5, 0.6) is 0 Å². The van der Waals surface area contributed by atoms with E-state index in [1.807, 2.05) is 0 Å². The van der Waals surface area contributed by atoms with Crippen molar-refractivity contribution < 1.29 is 13.4 Å². The summed E-state index contributed by atoms with van der Waals surface area (Å²) in [5.74, 6) is 0.710. The number of pyridine rings is 1. The Morgan fingerprint density at radius 1 is 1.13 bits per heavy atom. The molecule has 0 amide bonds. The summed E-state index contributed by atoms with van der Waals surface area (Å²) in [5.41, 5.74) is 3.41. The number of fused-ring (bicyclic) bond motifs is 1. The first-order valence-corrected chi connectivity index (χ1v) is 15.1. The molecule has 2 nitrogen and oxygen atoms in total. The van der Waals surface area contributed by atoms with E-state index in [-0.39, 0.29) is 13.4 Å². The SMILES string of the molecule is CCCCNC(c1cccc(-c2[c-]sc3ccccc23)n1)C1CCCCC1.[Cl][Cr][Cl]. The molecule has 0 spiro atoms. The van der Waals surface area contributed by atoms with E-state index >= 15 is 0 Å². The Hall–Kier alpha value is -0.598. The van der Waals surface area contributed by atoms with Gasteiger partial charge in [-0.05, 0) is 43.5 Å². The maximum atomic E-state index is 5.13. The second-order valence-corrected chi connectivity index (χ2v) is 10.7. The van der Waals surface area contributed by atoms with E-state index in [0.717, 1.165) is 17.8 Å². The first kappa shape index (κ1) is 24.1. The van der Waals surface area contributed by atoms with Crippen LogP contribution in [-0.2, 0) is 13.4 Å². The zero-order valence-corrected chi connectivity index (χ0v) is 21.0. The fourth-order valence-electron chi connectivity index (χ4n) is 4.29. The summed E-state index contributed by atoms with van der Waals surface area (Å²) in [6.07, 6.45) is 9.21. The molecule has 1 fully saturated rings. The maximum absolute atomic E-state index is 5.13. The van der Waals surface area contributed by atoms with Gasteiger partial charge in [-0.3, -0.25) is 16.3 Å². The number of hydrogen-bond donors (Lipinski definition) is 1. The summed E-state index contributed by atoms with van der Waals surface area (Å²) in [6.45, 7) is 3.34. The molecule has 2 aromatic heterocycles. The molecule has 4 rings (SSSR count). The van der Waals surface area contributed by atoms with Crippen molar-refractivity contribution in [3.63, 3.8) is 0 Å². The summed E-state index contributed by atoms with van der Waals surface area (Å²) >= 11 is 1.51. The number of halogens is 2. The van der Waals surface area contributed by atoms with Gasteiger partial charge in [-0.2, -0.15) is 0 Å². The number of aromatic nitrogens is 1. The number of benzene rings is 1. The van der Waals surface area contributed by atoms with E-state index in [0.29, 0.717) is 12.0 Å². The zero-order valence-electron chi connectivity index (χ0n) is 17.4. The van der Waals surface area contributed by atoms with Gasteiger partial charge < -0.3 is 5.32 Å². The van der Waals surface area contributed by atoms with Crippen molar-refractivity contribution in [3.8, 4) is 11.3 Å². The molecule has 1 aromatic carbocycles. The van der Waals surface area contributed by atoms with Gasteiger partial charge in [-0.25, -0.2) is 0 Å². The van der Waals surface area contributed by atoms with Gasteiger partial charge in [0.1, 0.15) is 0 Å². The topological polar surface area (TPSA) is 24.9 Å². The Balaban J connectivity index is 0.000000806. The molecule has 1 saturated carbocycles. The quantitative estimate of drug-likeness (QED) is 0.262. The van der Waals surface area contributed by atoms with Gasteiger partial charge in [-0.1, -0.05) is 73.0 Å². The van der Waals surface area contributed by atoms with Crippen LogP contribution in [0.2, 0.25) is 0 Å². The number of nitrogens with zero attached hydrogens (tertiary/aromatic N) is 1. The summed E-state index contributed by atoms with van der Waals surface area (Å²) in [6, 6.07) is 15.5. The van der Waals surface area contributed by atoms with E-state index in [1.165, 1.54) is 60.7 Å². The number of hydrogen-bond acceptors (Lipinski definition) is 3. The van der Waals surface area contributed by atoms with Gasteiger partial charge in [0.15, 0.2) is 0 Å². The van der Waals surface area contributed by atoms with Crippen molar-refractivity contribution in [1.29, 1.82) is 0 Å². The first-order chi connectivity index (χ1) is 14.8. The van der Waals surface area contributed by atoms with Gasteiger partial charge >= 0.3 is 33.5 Å². The van der Waals surface area contributed by atoms with Crippen molar-refractivity contribution in [3.05, 3.63) is 53.5 Å². The van der Waals surface area contributed by atoms with Crippen molar-refractivity contribution in [2.24, 2.45) is 5.92 Å². The Morgan fingerprint density at radius 2 is 1.90 bits per heavy atom. The Bertz CT molecular complexity index is 896. The number of thiophene rings is 1. The molecule has 1 atom stereocenters. The molecule has 162 valence electrons. The summed E-state index contributed by atoms with van der Waals surface area (Å²) in [4.78, 5) is 5.13. The average molecular weight is 500 g/mol. The second-order valence-electron chi connectivity index (χ2n) is 7.76. The van der Waals surface area contributed by atoms with Gasteiger partial charge in [0, 0.05) is 5.69 Å². The first-order valence-electron chi connectivity index (χ1n) is 10.8. The normalized spacial score (nSPS) is 15.6. The molecule has 1 aliphatic rings. The third-order valence-electron chi connectivity index (χ3n) is 5.78. The Labute approximate surface area is 199 Å². The summed E-state index contributed by atoms with van der Waals surface area (Å²) in [7, 11) is 9.65. The van der Waals surface area contributed by atoms with E-state index in [9.17, 15) is 0 Å². The number of nitrogens with one attached hydrogen (secondary N) is 1. The average Bonchev–Trinajstić information content (AvgIpc) is 3.22. The van der Waals surface area contributed by atoms with Gasteiger partial charge in [0.05, 0.1) is 6.04 Å². The van der Waals surface area contributed by atoms with E-state index in [1.54, 1.807) is 11.3 Å². The zero-order chi connectivity index (χ0) is 21.2. The molecule has 0 saturated heterocycles. The van der Waals surface area contributed by atoms with Gasteiger partial charge in [-0.15, -0.1) is 17.0 Å². The molecule has 2 heterocycles. The minimum absolute atomic E-state index is 0.181. The van der Waals surface area contributed by atoms with Crippen LogP contribution in [0.1, 0.15) is 63.6 Å². The second kappa shape index (κ2) is 13.1. The molecule has 0 aliphatic heterocycles. The third kappa shape index (κ3) is 6.45. The standard InChI is InChI=1S/C24H29N2S.2ClH.Cr/c1-2-3-16-25-24(18-10-5-4-6-11-18)22-14-9-13-21(26-22)20-17-27-23-15-8-7-12-19(20)23;;;/h7-9,12-15,18,24-25H,2-6,10-11,16H2,1H3;2*1H;/q-1;;;+2/p-2. The molecular formula is C24H29Cl2CrN2S-.